The zero-order chi connectivity index (χ0) is 19.8. The van der Waals surface area contributed by atoms with Gasteiger partial charge in [-0.25, -0.2) is 4.79 Å². The number of furan rings is 1. The molecule has 1 aromatic heterocycles. The Morgan fingerprint density at radius 2 is 2.00 bits per heavy atom. The van der Waals surface area contributed by atoms with E-state index in [0.717, 1.165) is 12.1 Å². The van der Waals surface area contributed by atoms with E-state index in [4.69, 9.17) is 21.4 Å². The second-order valence-corrected chi connectivity index (χ2v) is 6.25. The van der Waals surface area contributed by atoms with Gasteiger partial charge in [0, 0.05) is 11.3 Å². The van der Waals surface area contributed by atoms with Crippen LogP contribution in [-0.2, 0) is 15.7 Å². The smallest absolute Gasteiger partial charge is 0.416 e. The van der Waals surface area contributed by atoms with Crippen molar-refractivity contribution in [2.24, 2.45) is 0 Å². The first kappa shape index (κ1) is 19.0. The van der Waals surface area contributed by atoms with E-state index in [1.807, 2.05) is 0 Å². The molecule has 2 aromatic rings. The molecule has 5 nitrogen and oxygen atoms in total. The van der Waals surface area contributed by atoms with Crippen molar-refractivity contribution in [2.45, 2.75) is 19.1 Å². The van der Waals surface area contributed by atoms with Gasteiger partial charge in [-0.15, -0.1) is 0 Å². The minimum atomic E-state index is -4.45. The molecule has 2 heterocycles. The Morgan fingerprint density at radius 1 is 1.26 bits per heavy atom. The standard InChI is InChI=1S/C18H15F3N2O3S/c1-9-14(16(24)25-2)15(23-17(27)22-9)13-7-6-12(26-13)10-4-3-5-11(8-10)18(19,20)21/h3-8,15H,1-2H3,(H2,22,23,27)/t15-/m1/s1. The summed E-state index contributed by atoms with van der Waals surface area (Å²) in [6.45, 7) is 1.67. The Kier molecular flexibility index (Phi) is 4.97. The van der Waals surface area contributed by atoms with Crippen molar-refractivity contribution in [1.82, 2.24) is 10.6 Å². The lowest BCUT2D eigenvalue weighted by atomic mass is 10.0. The molecule has 142 valence electrons. The van der Waals surface area contributed by atoms with Crippen LogP contribution in [0, 0.1) is 0 Å². The molecule has 9 heteroatoms. The molecule has 1 aliphatic rings. The van der Waals surface area contributed by atoms with E-state index in [9.17, 15) is 18.0 Å². The van der Waals surface area contributed by atoms with Crippen LogP contribution in [-0.4, -0.2) is 18.2 Å². The van der Waals surface area contributed by atoms with E-state index < -0.39 is 23.8 Å². The van der Waals surface area contributed by atoms with Crippen LogP contribution in [0.15, 0.2) is 52.1 Å². The number of hydrogen-bond acceptors (Lipinski definition) is 4. The van der Waals surface area contributed by atoms with Crippen LogP contribution in [0.5, 0.6) is 0 Å². The van der Waals surface area contributed by atoms with Crippen LogP contribution in [0.3, 0.4) is 0 Å². The van der Waals surface area contributed by atoms with Crippen molar-refractivity contribution in [3.05, 3.63) is 59.0 Å². The van der Waals surface area contributed by atoms with Gasteiger partial charge in [-0.1, -0.05) is 12.1 Å². The number of allylic oxidation sites excluding steroid dienone is 1. The fraction of sp³-hybridized carbons (Fsp3) is 0.222. The third-order valence-electron chi connectivity index (χ3n) is 4.06. The van der Waals surface area contributed by atoms with Crippen molar-refractivity contribution < 1.29 is 27.1 Å². The maximum absolute atomic E-state index is 12.9. The lowest BCUT2D eigenvalue weighted by molar-refractivity contribution is -0.138. The zero-order valence-electron chi connectivity index (χ0n) is 14.3. The first-order chi connectivity index (χ1) is 12.7. The molecule has 1 atom stereocenters. The number of ether oxygens (including phenoxy) is 1. The molecule has 0 radical (unpaired) electrons. The van der Waals surface area contributed by atoms with Crippen molar-refractivity contribution in [1.29, 1.82) is 0 Å². The highest BCUT2D eigenvalue weighted by molar-refractivity contribution is 7.80. The van der Waals surface area contributed by atoms with E-state index in [0.29, 0.717) is 16.6 Å². The number of nitrogens with one attached hydrogen (secondary N) is 2. The molecule has 2 N–H and O–H groups in total. The number of halogens is 3. The molecule has 0 fully saturated rings. The first-order valence-corrected chi connectivity index (χ1v) is 8.25. The molecular formula is C18H15F3N2O3S. The maximum Gasteiger partial charge on any atom is 0.416 e. The molecule has 0 unspecified atom stereocenters. The van der Waals surface area contributed by atoms with E-state index in [-0.39, 0.29) is 16.9 Å². The van der Waals surface area contributed by atoms with Crippen LogP contribution >= 0.6 is 12.2 Å². The summed E-state index contributed by atoms with van der Waals surface area (Å²) in [7, 11) is 1.25. The summed E-state index contributed by atoms with van der Waals surface area (Å²) in [5.74, 6) is -0.00718. The van der Waals surface area contributed by atoms with Crippen LogP contribution in [0.2, 0.25) is 0 Å². The van der Waals surface area contributed by atoms with Crippen LogP contribution in [0.4, 0.5) is 13.2 Å². The molecule has 0 aliphatic carbocycles. The minimum Gasteiger partial charge on any atom is -0.466 e. The third kappa shape index (κ3) is 3.82. The van der Waals surface area contributed by atoms with E-state index in [2.05, 4.69) is 10.6 Å². The highest BCUT2D eigenvalue weighted by Crippen LogP contribution is 2.35. The maximum atomic E-state index is 12.9. The number of carbonyl (C=O) groups is 1. The number of methoxy groups -OCH3 is 1. The number of benzene rings is 1. The molecule has 0 spiro atoms. The van der Waals surface area contributed by atoms with Gasteiger partial charge in [0.15, 0.2) is 5.11 Å². The lowest BCUT2D eigenvalue weighted by Gasteiger charge is -2.27. The van der Waals surface area contributed by atoms with Gasteiger partial charge in [-0.2, -0.15) is 13.2 Å². The summed E-state index contributed by atoms with van der Waals surface area (Å²) >= 11 is 5.12. The van der Waals surface area contributed by atoms with E-state index >= 15 is 0 Å². The largest absolute Gasteiger partial charge is 0.466 e. The third-order valence-corrected chi connectivity index (χ3v) is 4.28. The number of carbonyl (C=O) groups excluding carboxylic acids is 1. The molecule has 0 saturated heterocycles. The molecule has 1 aromatic carbocycles. The van der Waals surface area contributed by atoms with Crippen LogP contribution in [0.25, 0.3) is 11.3 Å². The van der Waals surface area contributed by atoms with E-state index in [1.54, 1.807) is 19.1 Å². The van der Waals surface area contributed by atoms with Gasteiger partial charge in [-0.3, -0.25) is 0 Å². The lowest BCUT2D eigenvalue weighted by Crippen LogP contribution is -2.44. The summed E-state index contributed by atoms with van der Waals surface area (Å²) in [4.78, 5) is 12.1. The van der Waals surface area contributed by atoms with Crippen LogP contribution < -0.4 is 10.6 Å². The highest BCUT2D eigenvalue weighted by atomic mass is 32.1. The molecule has 1 aliphatic heterocycles. The summed E-state index contributed by atoms with van der Waals surface area (Å²) in [5.41, 5.74) is 0.279. The second kappa shape index (κ2) is 7.07. The number of hydrogen-bond donors (Lipinski definition) is 2. The van der Waals surface area contributed by atoms with Gasteiger partial charge in [-0.05, 0) is 43.4 Å². The van der Waals surface area contributed by atoms with Crippen LogP contribution in [0.1, 0.15) is 24.3 Å². The number of alkyl halides is 3. The Labute approximate surface area is 158 Å². The Bertz CT molecular complexity index is 934. The Morgan fingerprint density at radius 3 is 2.67 bits per heavy atom. The Balaban J connectivity index is 1.99. The number of esters is 1. The SMILES string of the molecule is COC(=O)C1=C(C)NC(=S)N[C@@H]1c1ccc(-c2cccc(C(F)(F)F)c2)o1. The second-order valence-electron chi connectivity index (χ2n) is 5.84. The van der Waals surface area contributed by atoms with Crippen molar-refractivity contribution in [3.8, 4) is 11.3 Å². The predicted molar refractivity (Wildman–Crippen MR) is 95.5 cm³/mol. The quantitative estimate of drug-likeness (QED) is 0.606. The van der Waals surface area contributed by atoms with Gasteiger partial charge in [0.2, 0.25) is 0 Å². The molecule has 0 saturated carbocycles. The van der Waals surface area contributed by atoms with Gasteiger partial charge in [0.05, 0.1) is 18.2 Å². The van der Waals surface area contributed by atoms with Gasteiger partial charge in [0.25, 0.3) is 0 Å². The molecule has 0 amide bonds. The van der Waals surface area contributed by atoms with Gasteiger partial charge in [0.1, 0.15) is 17.6 Å². The predicted octanol–water partition coefficient (Wildman–Crippen LogP) is 3.93. The monoisotopic (exact) mass is 396 g/mol. The van der Waals surface area contributed by atoms with Gasteiger partial charge >= 0.3 is 12.1 Å². The average molecular weight is 396 g/mol. The number of thiocarbonyl (C=S) groups is 1. The first-order valence-electron chi connectivity index (χ1n) is 7.84. The molecule has 27 heavy (non-hydrogen) atoms. The molecule has 0 bridgehead atoms. The zero-order valence-corrected chi connectivity index (χ0v) is 15.1. The fourth-order valence-electron chi connectivity index (χ4n) is 2.80. The molecule has 3 rings (SSSR count). The average Bonchev–Trinajstić information content (AvgIpc) is 3.10. The molecular weight excluding hydrogens is 381 g/mol. The van der Waals surface area contributed by atoms with E-state index in [1.165, 1.54) is 19.2 Å². The van der Waals surface area contributed by atoms with Crippen molar-refractivity contribution in [3.63, 3.8) is 0 Å². The van der Waals surface area contributed by atoms with Crippen molar-refractivity contribution >= 4 is 23.3 Å². The normalized spacial score (nSPS) is 17.4. The summed E-state index contributed by atoms with van der Waals surface area (Å²) in [5, 5.41) is 6.05. The number of rotatable bonds is 3. The fourth-order valence-corrected chi connectivity index (χ4v) is 3.07. The summed E-state index contributed by atoms with van der Waals surface area (Å²) < 4.78 is 49.3. The minimum absolute atomic E-state index is 0.240. The van der Waals surface area contributed by atoms with Crippen molar-refractivity contribution in [2.75, 3.05) is 7.11 Å². The topological polar surface area (TPSA) is 63.5 Å². The summed E-state index contributed by atoms with van der Waals surface area (Å²) in [6, 6.07) is 7.22. The van der Waals surface area contributed by atoms with Gasteiger partial charge < -0.3 is 19.8 Å². The Hall–Kier alpha value is -2.81. The summed E-state index contributed by atoms with van der Waals surface area (Å²) in [6.07, 6.45) is -4.45. The highest BCUT2D eigenvalue weighted by Gasteiger charge is 2.33.